The first-order chi connectivity index (χ1) is 19.5. The molecule has 0 spiro atoms. The van der Waals surface area contributed by atoms with Crippen molar-refractivity contribution in [3.63, 3.8) is 0 Å². The standard InChI is InChI=1S/C32H35FN4O3/c1-32(11-8-29(23(19-32)20-34)40-25-9-15-38-16-10-25)30-26-18-28(36-31(26)35-21-27(30)33)22-4-6-24(7-5-22)39-17-14-37-12-2-3-13-37/h4-8,18-19,21,25H,2-3,9-17H2,1H3,(H,35,36). The fourth-order valence-corrected chi connectivity index (χ4v) is 6.03. The van der Waals surface area contributed by atoms with E-state index >= 15 is 4.39 Å². The van der Waals surface area contributed by atoms with Crippen LogP contribution in [0.3, 0.4) is 0 Å². The van der Waals surface area contributed by atoms with Gasteiger partial charge in [-0.15, -0.1) is 0 Å². The van der Waals surface area contributed by atoms with Gasteiger partial charge in [-0.3, -0.25) is 4.90 Å². The Morgan fingerprint density at radius 1 is 1.20 bits per heavy atom. The highest BCUT2D eigenvalue weighted by Crippen LogP contribution is 2.42. The Balaban J connectivity index is 1.22. The number of rotatable bonds is 8. The van der Waals surface area contributed by atoms with Gasteiger partial charge < -0.3 is 19.2 Å². The van der Waals surface area contributed by atoms with Gasteiger partial charge in [0.05, 0.1) is 25.0 Å². The van der Waals surface area contributed by atoms with Crippen molar-refractivity contribution in [3.05, 3.63) is 71.4 Å². The molecule has 3 aromatic rings. The fourth-order valence-electron chi connectivity index (χ4n) is 6.03. The normalized spacial score (nSPS) is 22.1. The summed E-state index contributed by atoms with van der Waals surface area (Å²) < 4.78 is 33.0. The van der Waals surface area contributed by atoms with E-state index in [0.717, 1.165) is 49.5 Å². The predicted molar refractivity (Wildman–Crippen MR) is 151 cm³/mol. The SMILES string of the molecule is CC1(c2c(F)cnc3[nH]c(-c4ccc(OCCN5CCCC5)cc4)cc23)C=C(C#N)C(OC2CCOCC2)=CC1. The molecule has 0 saturated carbocycles. The van der Waals surface area contributed by atoms with E-state index < -0.39 is 11.2 Å². The van der Waals surface area contributed by atoms with E-state index in [2.05, 4.69) is 20.9 Å². The van der Waals surface area contributed by atoms with Gasteiger partial charge in [0.1, 0.15) is 41.8 Å². The van der Waals surface area contributed by atoms with E-state index in [-0.39, 0.29) is 6.10 Å². The maximum absolute atomic E-state index is 15.5. The van der Waals surface area contributed by atoms with Crippen LogP contribution in [0, 0.1) is 17.1 Å². The minimum Gasteiger partial charge on any atom is -0.492 e. The van der Waals surface area contributed by atoms with Crippen molar-refractivity contribution >= 4 is 11.0 Å². The fraction of sp³-hybridized carbons (Fsp3) is 0.438. The first-order valence-electron chi connectivity index (χ1n) is 14.2. The van der Waals surface area contributed by atoms with Crippen LogP contribution in [0.5, 0.6) is 5.75 Å². The Labute approximate surface area is 234 Å². The molecule has 1 unspecified atom stereocenters. The molecule has 1 N–H and O–H groups in total. The van der Waals surface area contributed by atoms with Crippen LogP contribution in [-0.4, -0.2) is 60.4 Å². The van der Waals surface area contributed by atoms with Gasteiger partial charge in [0, 0.05) is 41.4 Å². The molecule has 0 bridgehead atoms. The number of nitrogens with one attached hydrogen (secondary N) is 1. The van der Waals surface area contributed by atoms with Gasteiger partial charge in [-0.05, 0) is 74.3 Å². The zero-order valence-electron chi connectivity index (χ0n) is 22.9. The van der Waals surface area contributed by atoms with Crippen LogP contribution in [0.25, 0.3) is 22.3 Å². The minimum absolute atomic E-state index is 0.0274. The summed E-state index contributed by atoms with van der Waals surface area (Å²) in [5, 5.41) is 10.7. The number of hydrogen-bond donors (Lipinski definition) is 1. The van der Waals surface area contributed by atoms with Crippen LogP contribution in [0.1, 0.15) is 44.6 Å². The van der Waals surface area contributed by atoms with E-state index in [9.17, 15) is 5.26 Å². The lowest BCUT2D eigenvalue weighted by Gasteiger charge is -2.32. The number of allylic oxidation sites excluding steroid dienone is 3. The van der Waals surface area contributed by atoms with Gasteiger partial charge in [-0.1, -0.05) is 13.0 Å². The second-order valence-corrected chi connectivity index (χ2v) is 11.1. The summed E-state index contributed by atoms with van der Waals surface area (Å²) in [4.78, 5) is 10.1. The second kappa shape index (κ2) is 11.4. The van der Waals surface area contributed by atoms with Gasteiger partial charge in [-0.25, -0.2) is 9.37 Å². The summed E-state index contributed by atoms with van der Waals surface area (Å²) in [7, 11) is 0. The average Bonchev–Trinajstić information content (AvgIpc) is 3.65. The summed E-state index contributed by atoms with van der Waals surface area (Å²) >= 11 is 0. The molecule has 2 saturated heterocycles. The van der Waals surface area contributed by atoms with Crippen LogP contribution < -0.4 is 4.74 Å². The average molecular weight is 543 g/mol. The number of H-pyrrole nitrogens is 1. The number of hydrogen-bond acceptors (Lipinski definition) is 6. The molecular weight excluding hydrogens is 507 g/mol. The Morgan fingerprint density at radius 2 is 1.98 bits per heavy atom. The highest BCUT2D eigenvalue weighted by Gasteiger charge is 2.34. The van der Waals surface area contributed by atoms with Crippen LogP contribution in [0.15, 0.2) is 60.0 Å². The van der Waals surface area contributed by atoms with E-state index in [0.29, 0.717) is 54.2 Å². The van der Waals surface area contributed by atoms with Gasteiger partial charge in [-0.2, -0.15) is 5.26 Å². The molecule has 2 fully saturated rings. The minimum atomic E-state index is -0.731. The van der Waals surface area contributed by atoms with Crippen molar-refractivity contribution in [2.45, 2.75) is 50.5 Å². The first-order valence-corrected chi connectivity index (χ1v) is 14.2. The Hall–Kier alpha value is -3.67. The molecule has 2 aliphatic heterocycles. The molecule has 8 heteroatoms. The number of aromatic nitrogens is 2. The quantitative estimate of drug-likeness (QED) is 0.374. The number of ether oxygens (including phenoxy) is 3. The Morgan fingerprint density at radius 3 is 2.73 bits per heavy atom. The van der Waals surface area contributed by atoms with Gasteiger partial charge in [0.15, 0.2) is 0 Å². The van der Waals surface area contributed by atoms with Crippen molar-refractivity contribution in [3.8, 4) is 23.1 Å². The van der Waals surface area contributed by atoms with Crippen LogP contribution in [-0.2, 0) is 14.9 Å². The number of halogens is 1. The predicted octanol–water partition coefficient (Wildman–Crippen LogP) is 6.03. The highest BCUT2D eigenvalue weighted by molar-refractivity contribution is 5.87. The molecule has 1 aliphatic carbocycles. The van der Waals surface area contributed by atoms with Crippen LogP contribution in [0.4, 0.5) is 4.39 Å². The molecule has 0 radical (unpaired) electrons. The number of fused-ring (bicyclic) bond motifs is 1. The maximum atomic E-state index is 15.5. The van der Waals surface area contributed by atoms with E-state index in [1.54, 1.807) is 0 Å². The third kappa shape index (κ3) is 5.49. The molecule has 1 atom stereocenters. The summed E-state index contributed by atoms with van der Waals surface area (Å²) in [6.07, 6.45) is 9.72. The highest BCUT2D eigenvalue weighted by atomic mass is 19.1. The number of pyridine rings is 1. The van der Waals surface area contributed by atoms with E-state index in [4.69, 9.17) is 14.2 Å². The Bertz CT molecular complexity index is 1460. The number of benzene rings is 1. The molecule has 208 valence electrons. The molecule has 2 aromatic heterocycles. The summed E-state index contributed by atoms with van der Waals surface area (Å²) in [6, 6.07) is 12.2. The molecule has 40 heavy (non-hydrogen) atoms. The van der Waals surface area contributed by atoms with Gasteiger partial charge >= 0.3 is 0 Å². The molecule has 1 aromatic carbocycles. The molecule has 3 aliphatic rings. The zero-order valence-corrected chi connectivity index (χ0v) is 22.9. The topological polar surface area (TPSA) is 83.4 Å². The lowest BCUT2D eigenvalue weighted by molar-refractivity contribution is -0.00202. The number of nitriles is 1. The number of likely N-dealkylation sites (tertiary alicyclic amines) is 1. The number of aromatic amines is 1. The van der Waals surface area contributed by atoms with Crippen molar-refractivity contribution in [2.24, 2.45) is 0 Å². The maximum Gasteiger partial charge on any atom is 0.146 e. The van der Waals surface area contributed by atoms with Crippen molar-refractivity contribution < 1.29 is 18.6 Å². The summed E-state index contributed by atoms with van der Waals surface area (Å²) in [5.41, 5.74) is 2.65. The van der Waals surface area contributed by atoms with Crippen LogP contribution >= 0.6 is 0 Å². The molecule has 4 heterocycles. The van der Waals surface area contributed by atoms with Gasteiger partial charge in [0.2, 0.25) is 0 Å². The molecular formula is C32H35FN4O3. The van der Waals surface area contributed by atoms with E-state index in [1.807, 2.05) is 49.4 Å². The lowest BCUT2D eigenvalue weighted by Crippen LogP contribution is -2.27. The third-order valence-electron chi connectivity index (χ3n) is 8.25. The van der Waals surface area contributed by atoms with Crippen molar-refractivity contribution in [1.82, 2.24) is 14.9 Å². The molecule has 0 amide bonds. The Kier molecular flexibility index (Phi) is 7.59. The lowest BCUT2D eigenvalue weighted by atomic mass is 9.74. The smallest absolute Gasteiger partial charge is 0.146 e. The first kappa shape index (κ1) is 26.5. The largest absolute Gasteiger partial charge is 0.492 e. The third-order valence-corrected chi connectivity index (χ3v) is 8.25. The van der Waals surface area contributed by atoms with Crippen molar-refractivity contribution in [1.29, 1.82) is 5.26 Å². The second-order valence-electron chi connectivity index (χ2n) is 11.1. The van der Waals surface area contributed by atoms with Crippen molar-refractivity contribution in [2.75, 3.05) is 39.5 Å². The molecule has 6 rings (SSSR count). The van der Waals surface area contributed by atoms with Gasteiger partial charge in [0.25, 0.3) is 0 Å². The molecule has 7 nitrogen and oxygen atoms in total. The summed E-state index contributed by atoms with van der Waals surface area (Å²) in [6.45, 7) is 7.22. The monoisotopic (exact) mass is 542 g/mol. The summed E-state index contributed by atoms with van der Waals surface area (Å²) in [5.74, 6) is 1.02. The zero-order chi connectivity index (χ0) is 27.5. The number of nitrogens with zero attached hydrogens (tertiary/aromatic N) is 3. The van der Waals surface area contributed by atoms with E-state index in [1.165, 1.54) is 19.0 Å². The van der Waals surface area contributed by atoms with Crippen LogP contribution in [0.2, 0.25) is 0 Å².